The van der Waals surface area contributed by atoms with E-state index in [4.69, 9.17) is 5.73 Å². The molecule has 5 heteroatoms. The topological polar surface area (TPSA) is 67.1 Å². The van der Waals surface area contributed by atoms with Crippen LogP contribution in [0.25, 0.3) is 0 Å². The van der Waals surface area contributed by atoms with Crippen molar-refractivity contribution in [3.8, 4) is 0 Å². The van der Waals surface area contributed by atoms with Gasteiger partial charge in [0, 0.05) is 24.4 Å². The Balaban J connectivity index is 2.58. The molecule has 0 saturated heterocycles. The molecule has 4 N–H and O–H groups in total. The molecule has 0 aliphatic carbocycles. The molecule has 0 aromatic heterocycles. The minimum atomic E-state index is -0.260. The van der Waals surface area contributed by atoms with Gasteiger partial charge in [-0.05, 0) is 24.0 Å². The fourth-order valence-electron chi connectivity index (χ4n) is 1.36. The molecule has 1 unspecified atom stereocenters. The highest BCUT2D eigenvalue weighted by molar-refractivity contribution is 7.98. The monoisotopic (exact) mass is 239 g/mol. The molecular formula is C11H17N3OS. The van der Waals surface area contributed by atoms with Crippen LogP contribution in [0.1, 0.15) is 18.0 Å². The Kier molecular flexibility index (Phi) is 5.31. The first-order chi connectivity index (χ1) is 7.67. The number of carbonyl (C=O) groups is 1. The van der Waals surface area contributed by atoms with Crippen molar-refractivity contribution < 1.29 is 4.79 Å². The van der Waals surface area contributed by atoms with E-state index in [9.17, 15) is 4.79 Å². The maximum absolute atomic E-state index is 11.3. The van der Waals surface area contributed by atoms with E-state index in [2.05, 4.69) is 10.9 Å². The largest absolute Gasteiger partial charge is 0.324 e. The van der Waals surface area contributed by atoms with Gasteiger partial charge in [-0.2, -0.15) is 0 Å². The number of rotatable bonds is 5. The third-order valence-electron chi connectivity index (χ3n) is 2.21. The molecule has 0 fully saturated rings. The van der Waals surface area contributed by atoms with Crippen molar-refractivity contribution in [1.82, 2.24) is 10.9 Å². The van der Waals surface area contributed by atoms with E-state index < -0.39 is 0 Å². The van der Waals surface area contributed by atoms with Crippen molar-refractivity contribution in [2.45, 2.75) is 17.4 Å². The van der Waals surface area contributed by atoms with Crippen molar-refractivity contribution >= 4 is 17.7 Å². The summed E-state index contributed by atoms with van der Waals surface area (Å²) < 4.78 is 0. The number of hydrogen-bond donors (Lipinski definition) is 3. The molecule has 88 valence electrons. The van der Waals surface area contributed by atoms with E-state index >= 15 is 0 Å². The van der Waals surface area contributed by atoms with Gasteiger partial charge in [0.15, 0.2) is 0 Å². The number of nitrogens with two attached hydrogens (primary N) is 1. The third-order valence-corrected chi connectivity index (χ3v) is 2.96. The van der Waals surface area contributed by atoms with Gasteiger partial charge < -0.3 is 5.73 Å². The fourth-order valence-corrected chi connectivity index (χ4v) is 1.77. The van der Waals surface area contributed by atoms with Crippen LogP contribution in [0.5, 0.6) is 0 Å². The smallest absolute Gasteiger partial charge is 0.235 e. The highest BCUT2D eigenvalue weighted by Gasteiger charge is 2.10. The summed E-state index contributed by atoms with van der Waals surface area (Å²) in [6.07, 6.45) is 2.30. The fraction of sp³-hybridized carbons (Fsp3) is 0.364. The summed E-state index contributed by atoms with van der Waals surface area (Å²) in [5, 5.41) is 0. The minimum absolute atomic E-state index is 0.107. The second-order valence-corrected chi connectivity index (χ2v) is 4.26. The van der Waals surface area contributed by atoms with Gasteiger partial charge in [0.05, 0.1) is 0 Å². The van der Waals surface area contributed by atoms with Gasteiger partial charge in [-0.25, -0.2) is 5.43 Å². The molecule has 0 aliphatic heterocycles. The van der Waals surface area contributed by atoms with Crippen LogP contribution in [-0.4, -0.2) is 19.2 Å². The van der Waals surface area contributed by atoms with Crippen LogP contribution in [0.4, 0.5) is 0 Å². The molecule has 1 aromatic carbocycles. The quantitative estimate of drug-likeness (QED) is 0.531. The molecule has 0 spiro atoms. The SMILES string of the molecule is CNNC(=O)CC(N)c1ccc(SC)cc1. The van der Waals surface area contributed by atoms with Gasteiger partial charge in [0.25, 0.3) is 0 Å². The van der Waals surface area contributed by atoms with Gasteiger partial charge in [-0.1, -0.05) is 12.1 Å². The zero-order chi connectivity index (χ0) is 12.0. The molecule has 4 nitrogen and oxygen atoms in total. The van der Waals surface area contributed by atoms with Gasteiger partial charge in [0.1, 0.15) is 0 Å². The van der Waals surface area contributed by atoms with Gasteiger partial charge in [0.2, 0.25) is 5.91 Å². The predicted octanol–water partition coefficient (Wildman–Crippen LogP) is 1.05. The number of nitrogens with one attached hydrogen (secondary N) is 2. The second kappa shape index (κ2) is 6.52. The van der Waals surface area contributed by atoms with E-state index in [1.165, 1.54) is 4.90 Å². The van der Waals surface area contributed by atoms with Gasteiger partial charge >= 0.3 is 0 Å². The Bertz CT molecular complexity index is 340. The van der Waals surface area contributed by atoms with Crippen LogP contribution < -0.4 is 16.6 Å². The summed E-state index contributed by atoms with van der Waals surface area (Å²) in [7, 11) is 1.65. The molecule has 0 radical (unpaired) electrons. The summed E-state index contributed by atoms with van der Waals surface area (Å²) >= 11 is 1.68. The highest BCUT2D eigenvalue weighted by atomic mass is 32.2. The van der Waals surface area contributed by atoms with E-state index in [-0.39, 0.29) is 18.4 Å². The van der Waals surface area contributed by atoms with Crippen molar-refractivity contribution in [3.05, 3.63) is 29.8 Å². The zero-order valence-corrected chi connectivity index (χ0v) is 10.3. The molecule has 1 aromatic rings. The van der Waals surface area contributed by atoms with Crippen LogP contribution in [-0.2, 0) is 4.79 Å². The lowest BCUT2D eigenvalue weighted by Crippen LogP contribution is -2.36. The Morgan fingerprint density at radius 3 is 2.56 bits per heavy atom. The highest BCUT2D eigenvalue weighted by Crippen LogP contribution is 2.19. The number of amides is 1. The van der Waals surface area contributed by atoms with Crippen molar-refractivity contribution in [3.63, 3.8) is 0 Å². The molecule has 0 aliphatic rings. The van der Waals surface area contributed by atoms with E-state index in [1.807, 2.05) is 30.5 Å². The standard InChI is InChI=1S/C11H17N3OS/c1-13-14-11(15)7-10(12)8-3-5-9(16-2)6-4-8/h3-6,10,13H,7,12H2,1-2H3,(H,14,15). The molecule has 1 rings (SSSR count). The van der Waals surface area contributed by atoms with Gasteiger partial charge in [-0.15, -0.1) is 11.8 Å². The van der Waals surface area contributed by atoms with E-state index in [1.54, 1.807) is 18.8 Å². The first-order valence-electron chi connectivity index (χ1n) is 5.02. The molecule has 1 atom stereocenters. The molecule has 0 saturated carbocycles. The van der Waals surface area contributed by atoms with Gasteiger partial charge in [-0.3, -0.25) is 10.2 Å². The second-order valence-electron chi connectivity index (χ2n) is 3.38. The molecule has 0 bridgehead atoms. The summed E-state index contributed by atoms with van der Waals surface area (Å²) in [5.74, 6) is -0.107. The van der Waals surface area contributed by atoms with Crippen LogP contribution in [0.2, 0.25) is 0 Å². The summed E-state index contributed by atoms with van der Waals surface area (Å²) in [6, 6.07) is 7.68. The van der Waals surface area contributed by atoms with Crippen LogP contribution in [0.3, 0.4) is 0 Å². The van der Waals surface area contributed by atoms with Crippen molar-refractivity contribution in [1.29, 1.82) is 0 Å². The lowest BCUT2D eigenvalue weighted by atomic mass is 10.0. The van der Waals surface area contributed by atoms with Crippen LogP contribution in [0.15, 0.2) is 29.2 Å². The Hall–Kier alpha value is -1.04. The first kappa shape index (κ1) is 13.0. The summed E-state index contributed by atoms with van der Waals surface area (Å²) in [6.45, 7) is 0. The minimum Gasteiger partial charge on any atom is -0.324 e. The Labute approximate surface area is 100.0 Å². The predicted molar refractivity (Wildman–Crippen MR) is 67.0 cm³/mol. The lowest BCUT2D eigenvalue weighted by molar-refractivity contribution is -0.122. The molecule has 16 heavy (non-hydrogen) atoms. The number of hydrazine groups is 1. The number of carbonyl (C=O) groups excluding carboxylic acids is 1. The average Bonchev–Trinajstić information content (AvgIpc) is 2.29. The maximum Gasteiger partial charge on any atom is 0.235 e. The third kappa shape index (κ3) is 3.84. The average molecular weight is 239 g/mol. The molecule has 0 heterocycles. The first-order valence-corrected chi connectivity index (χ1v) is 6.25. The zero-order valence-electron chi connectivity index (χ0n) is 9.49. The summed E-state index contributed by atoms with van der Waals surface area (Å²) in [5.41, 5.74) is 12.0. The molecular weight excluding hydrogens is 222 g/mol. The number of hydrogen-bond acceptors (Lipinski definition) is 4. The van der Waals surface area contributed by atoms with E-state index in [0.717, 1.165) is 5.56 Å². The van der Waals surface area contributed by atoms with Crippen LogP contribution >= 0.6 is 11.8 Å². The number of thioether (sulfide) groups is 1. The van der Waals surface area contributed by atoms with Crippen LogP contribution in [0, 0.1) is 0 Å². The van der Waals surface area contributed by atoms with Crippen molar-refractivity contribution in [2.24, 2.45) is 5.73 Å². The van der Waals surface area contributed by atoms with Crippen molar-refractivity contribution in [2.75, 3.05) is 13.3 Å². The Morgan fingerprint density at radius 2 is 2.06 bits per heavy atom. The molecule has 1 amide bonds. The summed E-state index contributed by atoms with van der Waals surface area (Å²) in [4.78, 5) is 12.5. The number of benzene rings is 1. The Morgan fingerprint density at radius 1 is 1.44 bits per heavy atom. The lowest BCUT2D eigenvalue weighted by Gasteiger charge is -2.12. The maximum atomic E-state index is 11.3. The van der Waals surface area contributed by atoms with E-state index in [0.29, 0.717) is 0 Å². The normalized spacial score (nSPS) is 12.2.